The van der Waals surface area contributed by atoms with Crippen molar-refractivity contribution in [3.8, 4) is 5.75 Å². The van der Waals surface area contributed by atoms with Gasteiger partial charge in [0.05, 0.1) is 18.1 Å². The van der Waals surface area contributed by atoms with Crippen LogP contribution >= 0.6 is 15.9 Å². The first-order valence-electron chi connectivity index (χ1n) is 7.11. The Bertz CT molecular complexity index is 651. The zero-order chi connectivity index (χ0) is 16.1. The first-order chi connectivity index (χ1) is 10.5. The van der Waals surface area contributed by atoms with Gasteiger partial charge in [0, 0.05) is 13.5 Å². The first kappa shape index (κ1) is 16.6. The smallest absolute Gasteiger partial charge is 0.223 e. The molecular formula is C17H20BrNO3. The average molecular weight is 366 g/mol. The second kappa shape index (κ2) is 7.49. The topological polar surface area (TPSA) is 42.7 Å². The van der Waals surface area contributed by atoms with Gasteiger partial charge in [-0.2, -0.15) is 0 Å². The summed E-state index contributed by atoms with van der Waals surface area (Å²) in [4.78, 5) is 13.9. The molecule has 0 aliphatic rings. The molecule has 2 aromatic rings. The van der Waals surface area contributed by atoms with Gasteiger partial charge in [-0.1, -0.05) is 6.07 Å². The summed E-state index contributed by atoms with van der Waals surface area (Å²) < 4.78 is 11.6. The number of halogens is 1. The van der Waals surface area contributed by atoms with E-state index in [0.717, 1.165) is 27.3 Å². The molecule has 118 valence electrons. The van der Waals surface area contributed by atoms with Crippen LogP contribution in [0.25, 0.3) is 0 Å². The summed E-state index contributed by atoms with van der Waals surface area (Å²) in [6.07, 6.45) is 1.16. The van der Waals surface area contributed by atoms with Crippen molar-refractivity contribution in [3.63, 3.8) is 0 Å². The van der Waals surface area contributed by atoms with Gasteiger partial charge in [-0.15, -0.1) is 0 Å². The number of nitrogens with zero attached hydrogens (tertiary/aromatic N) is 1. The SMILES string of the molecule is COc1ccc(CCC(=O)N(C)Cc2ccc(C)o2)cc1Br. The molecule has 1 amide bonds. The monoisotopic (exact) mass is 365 g/mol. The molecule has 0 aliphatic carbocycles. The molecule has 0 N–H and O–H groups in total. The van der Waals surface area contributed by atoms with E-state index >= 15 is 0 Å². The Labute approximate surface area is 139 Å². The molecule has 5 heteroatoms. The third-order valence-electron chi connectivity index (χ3n) is 3.46. The lowest BCUT2D eigenvalue weighted by Gasteiger charge is -2.16. The number of carbonyl (C=O) groups excluding carboxylic acids is 1. The number of amides is 1. The summed E-state index contributed by atoms with van der Waals surface area (Å²) in [5.41, 5.74) is 1.10. The van der Waals surface area contributed by atoms with E-state index in [1.807, 2.05) is 37.3 Å². The van der Waals surface area contributed by atoms with Crippen molar-refractivity contribution in [2.45, 2.75) is 26.3 Å². The summed E-state index contributed by atoms with van der Waals surface area (Å²) in [5, 5.41) is 0. The molecule has 0 saturated carbocycles. The van der Waals surface area contributed by atoms with Gasteiger partial charge < -0.3 is 14.1 Å². The largest absolute Gasteiger partial charge is 0.496 e. The summed E-state index contributed by atoms with van der Waals surface area (Å²) >= 11 is 3.46. The van der Waals surface area contributed by atoms with Crippen LogP contribution in [0.1, 0.15) is 23.5 Å². The summed E-state index contributed by atoms with van der Waals surface area (Å²) in [6.45, 7) is 2.39. The maximum atomic E-state index is 12.2. The van der Waals surface area contributed by atoms with Crippen LogP contribution in [0.4, 0.5) is 0 Å². The van der Waals surface area contributed by atoms with Crippen LogP contribution in [0.15, 0.2) is 39.2 Å². The van der Waals surface area contributed by atoms with Crippen LogP contribution < -0.4 is 4.74 Å². The molecule has 1 aromatic heterocycles. The molecule has 0 bridgehead atoms. The number of hydrogen-bond acceptors (Lipinski definition) is 3. The lowest BCUT2D eigenvalue weighted by atomic mass is 10.1. The molecule has 2 rings (SSSR count). The highest BCUT2D eigenvalue weighted by Gasteiger charge is 2.12. The Morgan fingerprint density at radius 1 is 1.32 bits per heavy atom. The minimum Gasteiger partial charge on any atom is -0.496 e. The van der Waals surface area contributed by atoms with Gasteiger partial charge in [0.25, 0.3) is 0 Å². The molecule has 1 aromatic carbocycles. The Morgan fingerprint density at radius 2 is 2.09 bits per heavy atom. The van der Waals surface area contributed by atoms with E-state index in [9.17, 15) is 4.79 Å². The summed E-state index contributed by atoms with van der Waals surface area (Å²) in [6, 6.07) is 9.68. The van der Waals surface area contributed by atoms with Crippen molar-refractivity contribution in [1.29, 1.82) is 0 Å². The van der Waals surface area contributed by atoms with Crippen molar-refractivity contribution in [3.05, 3.63) is 51.9 Å². The zero-order valence-corrected chi connectivity index (χ0v) is 14.6. The van der Waals surface area contributed by atoms with Crippen LogP contribution in [0.2, 0.25) is 0 Å². The number of methoxy groups -OCH3 is 1. The van der Waals surface area contributed by atoms with Gasteiger partial charge in [-0.25, -0.2) is 0 Å². The van der Waals surface area contributed by atoms with E-state index in [1.54, 1.807) is 19.1 Å². The van der Waals surface area contributed by atoms with Gasteiger partial charge in [-0.05, 0) is 59.1 Å². The molecule has 4 nitrogen and oxygen atoms in total. The van der Waals surface area contributed by atoms with E-state index in [2.05, 4.69) is 15.9 Å². The van der Waals surface area contributed by atoms with Crippen molar-refractivity contribution in [2.75, 3.05) is 14.2 Å². The first-order valence-corrected chi connectivity index (χ1v) is 7.90. The standard InChI is InChI=1S/C17H20BrNO3/c1-12-4-7-14(22-12)11-19(2)17(20)9-6-13-5-8-16(21-3)15(18)10-13/h4-5,7-8,10H,6,9,11H2,1-3H3. The molecule has 0 atom stereocenters. The summed E-state index contributed by atoms with van der Waals surface area (Å²) in [5.74, 6) is 2.56. The molecular weight excluding hydrogens is 346 g/mol. The Morgan fingerprint density at radius 3 is 2.68 bits per heavy atom. The van der Waals surface area contributed by atoms with Crippen molar-refractivity contribution < 1.29 is 13.9 Å². The quantitative estimate of drug-likeness (QED) is 0.778. The molecule has 1 heterocycles. The third-order valence-corrected chi connectivity index (χ3v) is 4.08. The highest BCUT2D eigenvalue weighted by atomic mass is 79.9. The van der Waals surface area contributed by atoms with Crippen LogP contribution in [0, 0.1) is 6.92 Å². The van der Waals surface area contributed by atoms with Crippen LogP contribution in [-0.2, 0) is 17.8 Å². The lowest BCUT2D eigenvalue weighted by Crippen LogP contribution is -2.26. The maximum absolute atomic E-state index is 12.2. The van der Waals surface area contributed by atoms with E-state index < -0.39 is 0 Å². The molecule has 0 fully saturated rings. The molecule has 0 radical (unpaired) electrons. The number of carbonyl (C=O) groups is 1. The maximum Gasteiger partial charge on any atom is 0.223 e. The molecule has 0 saturated heterocycles. The van der Waals surface area contributed by atoms with Crippen LogP contribution in [0.5, 0.6) is 5.75 Å². The second-order valence-electron chi connectivity index (χ2n) is 5.23. The van der Waals surface area contributed by atoms with E-state index in [1.165, 1.54) is 0 Å². The third kappa shape index (κ3) is 4.37. The molecule has 0 unspecified atom stereocenters. The minimum absolute atomic E-state index is 0.0981. The Hall–Kier alpha value is -1.75. The molecule has 0 aliphatic heterocycles. The fourth-order valence-electron chi connectivity index (χ4n) is 2.20. The van der Waals surface area contributed by atoms with Crippen molar-refractivity contribution >= 4 is 21.8 Å². The highest BCUT2D eigenvalue weighted by molar-refractivity contribution is 9.10. The number of aryl methyl sites for hydroxylation is 2. The number of furan rings is 1. The number of benzene rings is 1. The van der Waals surface area contributed by atoms with Crippen LogP contribution in [-0.4, -0.2) is 25.0 Å². The Kier molecular flexibility index (Phi) is 5.66. The molecule has 0 spiro atoms. The number of rotatable bonds is 6. The van der Waals surface area contributed by atoms with Gasteiger partial charge in [0.2, 0.25) is 5.91 Å². The van der Waals surface area contributed by atoms with Crippen molar-refractivity contribution in [1.82, 2.24) is 4.90 Å². The van der Waals surface area contributed by atoms with Gasteiger partial charge in [0.1, 0.15) is 17.3 Å². The zero-order valence-electron chi connectivity index (χ0n) is 13.1. The van der Waals surface area contributed by atoms with E-state index in [0.29, 0.717) is 19.4 Å². The van der Waals surface area contributed by atoms with Gasteiger partial charge in [0.15, 0.2) is 0 Å². The van der Waals surface area contributed by atoms with Crippen LogP contribution in [0.3, 0.4) is 0 Å². The predicted octanol–water partition coefficient (Wildman–Crippen LogP) is 3.95. The average Bonchev–Trinajstić information content (AvgIpc) is 2.90. The predicted molar refractivity (Wildman–Crippen MR) is 88.9 cm³/mol. The second-order valence-corrected chi connectivity index (χ2v) is 6.09. The fourth-order valence-corrected chi connectivity index (χ4v) is 2.79. The normalized spacial score (nSPS) is 10.5. The number of hydrogen-bond donors (Lipinski definition) is 0. The van der Waals surface area contributed by atoms with Crippen molar-refractivity contribution in [2.24, 2.45) is 0 Å². The van der Waals surface area contributed by atoms with Gasteiger partial charge in [-0.3, -0.25) is 4.79 Å². The summed E-state index contributed by atoms with van der Waals surface area (Å²) in [7, 11) is 3.43. The highest BCUT2D eigenvalue weighted by Crippen LogP contribution is 2.26. The molecule has 22 heavy (non-hydrogen) atoms. The Balaban J connectivity index is 1.87. The van der Waals surface area contributed by atoms with Gasteiger partial charge >= 0.3 is 0 Å². The number of ether oxygens (including phenoxy) is 1. The van der Waals surface area contributed by atoms with E-state index in [-0.39, 0.29) is 5.91 Å². The van der Waals surface area contributed by atoms with E-state index in [4.69, 9.17) is 9.15 Å². The lowest BCUT2D eigenvalue weighted by molar-refractivity contribution is -0.130. The fraction of sp³-hybridized carbons (Fsp3) is 0.353. The minimum atomic E-state index is 0.0981.